The molecule has 1 aliphatic rings. The molecule has 0 radical (unpaired) electrons. The molecule has 0 bridgehead atoms. The first kappa shape index (κ1) is 15.4. The number of hydrogen-bond acceptors (Lipinski definition) is 6. The van der Waals surface area contributed by atoms with E-state index in [1.54, 1.807) is 11.3 Å². The molecule has 5 nitrogen and oxygen atoms in total. The van der Waals surface area contributed by atoms with Crippen molar-refractivity contribution in [3.63, 3.8) is 0 Å². The van der Waals surface area contributed by atoms with Gasteiger partial charge in [0.25, 0.3) is 0 Å². The molecule has 1 saturated heterocycles. The third-order valence-corrected chi connectivity index (χ3v) is 4.56. The zero-order valence-corrected chi connectivity index (χ0v) is 14.1. The molecule has 3 rings (SSSR count). The van der Waals surface area contributed by atoms with Crippen LogP contribution in [0.15, 0.2) is 23.7 Å². The predicted octanol–water partition coefficient (Wildman–Crippen LogP) is 2.49. The summed E-state index contributed by atoms with van der Waals surface area (Å²) in [5.74, 6) is 0. The number of anilines is 1. The number of rotatable bonds is 4. The number of aromatic nitrogens is 2. The van der Waals surface area contributed by atoms with E-state index in [1.807, 2.05) is 18.5 Å². The summed E-state index contributed by atoms with van der Waals surface area (Å²) in [6.07, 6.45) is 1.90. The first-order valence-corrected chi connectivity index (χ1v) is 8.38. The van der Waals surface area contributed by atoms with E-state index in [4.69, 9.17) is 4.74 Å². The van der Waals surface area contributed by atoms with Gasteiger partial charge in [-0.15, -0.1) is 11.3 Å². The van der Waals surface area contributed by atoms with E-state index in [9.17, 15) is 0 Å². The number of thiazole rings is 1. The minimum absolute atomic E-state index is 0.0345. The van der Waals surface area contributed by atoms with Crippen LogP contribution in [0.2, 0.25) is 0 Å². The van der Waals surface area contributed by atoms with Gasteiger partial charge in [0.05, 0.1) is 18.8 Å². The third kappa shape index (κ3) is 3.63. The average molecular weight is 318 g/mol. The highest BCUT2D eigenvalue weighted by atomic mass is 32.1. The van der Waals surface area contributed by atoms with E-state index in [0.717, 1.165) is 42.6 Å². The van der Waals surface area contributed by atoms with Crippen LogP contribution in [0.5, 0.6) is 0 Å². The van der Waals surface area contributed by atoms with Crippen molar-refractivity contribution in [1.82, 2.24) is 14.9 Å². The molecule has 6 heteroatoms. The van der Waals surface area contributed by atoms with Gasteiger partial charge >= 0.3 is 0 Å². The van der Waals surface area contributed by atoms with Crippen LogP contribution in [0.4, 0.5) is 5.69 Å². The molecule has 2 aromatic rings. The molecule has 1 atom stereocenters. The van der Waals surface area contributed by atoms with Crippen LogP contribution < -0.4 is 4.90 Å². The highest BCUT2D eigenvalue weighted by molar-refractivity contribution is 7.09. The second-order valence-electron chi connectivity index (χ2n) is 5.81. The Morgan fingerprint density at radius 2 is 2.27 bits per heavy atom. The Labute approximate surface area is 135 Å². The van der Waals surface area contributed by atoms with Crippen molar-refractivity contribution < 1.29 is 4.74 Å². The van der Waals surface area contributed by atoms with Gasteiger partial charge in [-0.1, -0.05) is 0 Å². The monoisotopic (exact) mass is 318 g/mol. The fourth-order valence-corrected chi connectivity index (χ4v) is 3.30. The molecule has 0 unspecified atom stereocenters. The van der Waals surface area contributed by atoms with Crippen molar-refractivity contribution in [3.8, 4) is 0 Å². The van der Waals surface area contributed by atoms with Crippen molar-refractivity contribution >= 4 is 17.0 Å². The van der Waals surface area contributed by atoms with Gasteiger partial charge in [-0.2, -0.15) is 0 Å². The fourth-order valence-electron chi connectivity index (χ4n) is 2.65. The largest absolute Gasteiger partial charge is 0.378 e. The summed E-state index contributed by atoms with van der Waals surface area (Å²) in [5, 5.41) is 3.19. The van der Waals surface area contributed by atoms with Crippen LogP contribution in [-0.2, 0) is 11.3 Å². The number of aryl methyl sites for hydroxylation is 1. The third-order valence-electron chi connectivity index (χ3n) is 3.80. The Kier molecular flexibility index (Phi) is 4.71. The quantitative estimate of drug-likeness (QED) is 0.866. The standard InChI is InChI=1S/C16H22N4OS/c1-12-8-13(19(2)3)9-14(18-12)15-10-20(5-6-21-15)11-16-17-4-7-22-16/h4,7-9,15H,5-6,10-11H2,1-3H3/t15-/m0/s1. The summed E-state index contributed by atoms with van der Waals surface area (Å²) in [6, 6.07) is 4.23. The summed E-state index contributed by atoms with van der Waals surface area (Å²) in [6.45, 7) is 5.48. The highest BCUT2D eigenvalue weighted by Crippen LogP contribution is 2.25. The molecular formula is C16H22N4OS. The number of nitrogens with zero attached hydrogens (tertiary/aromatic N) is 4. The van der Waals surface area contributed by atoms with Gasteiger partial charge in [-0.05, 0) is 19.1 Å². The lowest BCUT2D eigenvalue weighted by Crippen LogP contribution is -2.38. The Morgan fingerprint density at radius 3 is 3.00 bits per heavy atom. The second-order valence-corrected chi connectivity index (χ2v) is 6.79. The molecular weight excluding hydrogens is 296 g/mol. The molecule has 0 N–H and O–H groups in total. The summed E-state index contributed by atoms with van der Waals surface area (Å²) in [4.78, 5) is 13.6. The van der Waals surface area contributed by atoms with Crippen LogP contribution in [0.3, 0.4) is 0 Å². The molecule has 118 valence electrons. The molecule has 0 amide bonds. The predicted molar refractivity (Wildman–Crippen MR) is 89.4 cm³/mol. The summed E-state index contributed by atoms with van der Waals surface area (Å²) in [5.41, 5.74) is 3.22. The minimum Gasteiger partial charge on any atom is -0.378 e. The summed E-state index contributed by atoms with van der Waals surface area (Å²) >= 11 is 1.71. The fraction of sp³-hybridized carbons (Fsp3) is 0.500. The van der Waals surface area contributed by atoms with E-state index in [-0.39, 0.29) is 6.10 Å². The lowest BCUT2D eigenvalue weighted by atomic mass is 10.1. The number of pyridine rings is 1. The molecule has 0 spiro atoms. The first-order valence-electron chi connectivity index (χ1n) is 7.50. The maximum Gasteiger partial charge on any atom is 0.112 e. The van der Waals surface area contributed by atoms with Gasteiger partial charge in [0.2, 0.25) is 0 Å². The van der Waals surface area contributed by atoms with Crippen molar-refractivity contribution in [2.45, 2.75) is 19.6 Å². The number of morpholine rings is 1. The Morgan fingerprint density at radius 1 is 1.41 bits per heavy atom. The van der Waals surface area contributed by atoms with E-state index in [2.05, 4.69) is 46.0 Å². The smallest absolute Gasteiger partial charge is 0.112 e. The maximum atomic E-state index is 5.96. The van der Waals surface area contributed by atoms with Crippen molar-refractivity contribution in [2.75, 3.05) is 38.7 Å². The zero-order valence-electron chi connectivity index (χ0n) is 13.3. The van der Waals surface area contributed by atoms with Gasteiger partial charge in [0.1, 0.15) is 11.1 Å². The van der Waals surface area contributed by atoms with E-state index >= 15 is 0 Å². The van der Waals surface area contributed by atoms with Crippen LogP contribution >= 0.6 is 11.3 Å². The van der Waals surface area contributed by atoms with Gasteiger partial charge in [0.15, 0.2) is 0 Å². The van der Waals surface area contributed by atoms with Crippen molar-refractivity contribution in [2.24, 2.45) is 0 Å². The first-order chi connectivity index (χ1) is 10.6. The van der Waals surface area contributed by atoms with Crippen LogP contribution in [0.25, 0.3) is 0 Å². The Balaban J connectivity index is 1.74. The van der Waals surface area contributed by atoms with E-state index in [0.29, 0.717) is 0 Å². The molecule has 3 heterocycles. The molecule has 1 fully saturated rings. The molecule has 1 aliphatic heterocycles. The zero-order chi connectivity index (χ0) is 15.5. The van der Waals surface area contributed by atoms with Gasteiger partial charge in [-0.3, -0.25) is 9.88 Å². The average Bonchev–Trinajstić information content (AvgIpc) is 3.00. The van der Waals surface area contributed by atoms with Gasteiger partial charge < -0.3 is 9.64 Å². The second kappa shape index (κ2) is 6.73. The van der Waals surface area contributed by atoms with E-state index < -0.39 is 0 Å². The molecule has 2 aromatic heterocycles. The molecule has 0 aromatic carbocycles. The topological polar surface area (TPSA) is 41.5 Å². The van der Waals surface area contributed by atoms with Crippen molar-refractivity contribution in [1.29, 1.82) is 0 Å². The maximum absolute atomic E-state index is 5.96. The van der Waals surface area contributed by atoms with E-state index in [1.165, 1.54) is 5.69 Å². The molecule has 0 aliphatic carbocycles. The van der Waals surface area contributed by atoms with Gasteiger partial charge in [0, 0.05) is 50.1 Å². The van der Waals surface area contributed by atoms with Gasteiger partial charge in [-0.25, -0.2) is 4.98 Å². The highest BCUT2D eigenvalue weighted by Gasteiger charge is 2.24. The molecule has 22 heavy (non-hydrogen) atoms. The summed E-state index contributed by atoms with van der Waals surface area (Å²) in [7, 11) is 4.10. The molecule has 0 saturated carbocycles. The number of hydrogen-bond donors (Lipinski definition) is 0. The lowest BCUT2D eigenvalue weighted by Gasteiger charge is -2.32. The normalized spacial score (nSPS) is 19.3. The van der Waals surface area contributed by atoms with Crippen molar-refractivity contribution in [3.05, 3.63) is 40.1 Å². The van der Waals surface area contributed by atoms with Crippen LogP contribution in [0, 0.1) is 6.92 Å². The Hall–Kier alpha value is -1.50. The lowest BCUT2D eigenvalue weighted by molar-refractivity contribution is -0.0350. The summed E-state index contributed by atoms with van der Waals surface area (Å²) < 4.78 is 5.96. The van der Waals surface area contributed by atoms with Crippen LogP contribution in [-0.4, -0.2) is 48.7 Å². The number of ether oxygens (including phenoxy) is 1. The minimum atomic E-state index is 0.0345. The Bertz CT molecular complexity index is 615. The SMILES string of the molecule is Cc1cc(N(C)C)cc([C@@H]2CN(Cc3nccs3)CCO2)n1. The van der Waals surface area contributed by atoms with Crippen LogP contribution in [0.1, 0.15) is 22.5 Å².